The summed E-state index contributed by atoms with van der Waals surface area (Å²) in [5, 5.41) is 2.91. The lowest BCUT2D eigenvalue weighted by Crippen LogP contribution is -2.37. The molecule has 10 nitrogen and oxygen atoms in total. The highest BCUT2D eigenvalue weighted by Gasteiger charge is 2.21. The minimum absolute atomic E-state index is 0.147. The number of hydrogen-bond donors (Lipinski definition) is 1. The number of aryl methyl sites for hydroxylation is 1. The van der Waals surface area contributed by atoms with Crippen molar-refractivity contribution in [1.82, 2.24) is 9.47 Å². The van der Waals surface area contributed by atoms with Gasteiger partial charge in [0.2, 0.25) is 0 Å². The third kappa shape index (κ3) is 8.76. The minimum Gasteiger partial charge on any atom is -0.493 e. The van der Waals surface area contributed by atoms with Crippen molar-refractivity contribution in [2.24, 2.45) is 12.0 Å². The number of halogens is 1. The standard InChI is InChI=1S/C25H30FN3O4.C7H7NO2/c1-27-19-4-5-23(21(26)16-19)33-22-6-7-28-20-14-18(22)15-24(30-2)25(17-20)32-11-3-8-29-9-12-31-13-10-29;1-8-4-2-3-6(5-9)7(8)10/h4-7,15-17,27H,3,8-14H2,1-2H3;2-5H,1H3. The average Bonchev–Trinajstić information content (AvgIpc) is 3.33. The van der Waals surface area contributed by atoms with Crippen LogP contribution < -0.4 is 15.6 Å². The van der Waals surface area contributed by atoms with Crippen molar-refractivity contribution in [3.63, 3.8) is 0 Å². The fourth-order valence-corrected chi connectivity index (χ4v) is 4.53. The molecule has 2 aliphatic heterocycles. The highest BCUT2D eigenvalue weighted by atomic mass is 19.1. The van der Waals surface area contributed by atoms with E-state index >= 15 is 0 Å². The van der Waals surface area contributed by atoms with E-state index in [-0.39, 0.29) is 16.9 Å². The minimum atomic E-state index is -0.444. The van der Waals surface area contributed by atoms with Crippen molar-refractivity contribution in [3.8, 4) is 5.75 Å². The molecule has 0 radical (unpaired) electrons. The maximum Gasteiger partial charge on any atom is 0.260 e. The topological polar surface area (TPSA) is 104 Å². The van der Waals surface area contributed by atoms with Crippen molar-refractivity contribution in [3.05, 3.63) is 106 Å². The van der Waals surface area contributed by atoms with Gasteiger partial charge < -0.3 is 28.8 Å². The van der Waals surface area contributed by atoms with Gasteiger partial charge in [-0.2, -0.15) is 0 Å². The Hall–Kier alpha value is -4.48. The number of nitrogens with zero attached hydrogens (tertiary/aromatic N) is 3. The van der Waals surface area contributed by atoms with Crippen LogP contribution in [0.25, 0.3) is 0 Å². The van der Waals surface area contributed by atoms with Gasteiger partial charge in [0.15, 0.2) is 29.4 Å². The Morgan fingerprint density at radius 2 is 1.98 bits per heavy atom. The molecule has 0 amide bonds. The number of aldehydes is 1. The number of fused-ring (bicyclic) bond motifs is 2. The molecule has 1 aromatic heterocycles. The molecule has 2 bridgehead atoms. The number of carbonyl (C=O) groups excluding carboxylic acids is 1. The Bertz CT molecular complexity index is 1500. The Kier molecular flexibility index (Phi) is 11.5. The molecule has 1 N–H and O–H groups in total. The van der Waals surface area contributed by atoms with Crippen LogP contribution in [-0.2, 0) is 21.3 Å². The van der Waals surface area contributed by atoms with Gasteiger partial charge >= 0.3 is 0 Å². The molecule has 0 spiro atoms. The Labute approximate surface area is 250 Å². The zero-order valence-electron chi connectivity index (χ0n) is 24.7. The molecule has 2 aromatic rings. The molecule has 1 fully saturated rings. The molecule has 0 saturated carbocycles. The van der Waals surface area contributed by atoms with Gasteiger partial charge in [0.1, 0.15) is 5.76 Å². The molecule has 11 heteroatoms. The summed E-state index contributed by atoms with van der Waals surface area (Å²) in [5.74, 6) is 1.44. The number of pyridine rings is 1. The van der Waals surface area contributed by atoms with Crippen molar-refractivity contribution in [2.45, 2.75) is 12.8 Å². The number of benzene rings is 1. The molecule has 0 atom stereocenters. The summed E-state index contributed by atoms with van der Waals surface area (Å²) in [6.07, 6.45) is 10.8. The van der Waals surface area contributed by atoms with Crippen molar-refractivity contribution in [1.29, 1.82) is 0 Å². The monoisotopic (exact) mass is 592 g/mol. The average molecular weight is 593 g/mol. The van der Waals surface area contributed by atoms with E-state index in [1.165, 1.54) is 16.7 Å². The normalized spacial score (nSPS) is 16.4. The Balaban J connectivity index is 0.000000359. The molecule has 3 heterocycles. The van der Waals surface area contributed by atoms with Crippen LogP contribution in [0.5, 0.6) is 5.75 Å². The molecule has 1 aromatic carbocycles. The number of aromatic nitrogens is 1. The van der Waals surface area contributed by atoms with E-state index in [4.69, 9.17) is 18.9 Å². The molecule has 1 aliphatic carbocycles. The second-order valence-corrected chi connectivity index (χ2v) is 9.87. The number of morpholine rings is 1. The second-order valence-electron chi connectivity index (χ2n) is 9.87. The summed E-state index contributed by atoms with van der Waals surface area (Å²) in [4.78, 5) is 28.0. The van der Waals surface area contributed by atoms with Gasteiger partial charge in [-0.1, -0.05) is 0 Å². The third-order valence-corrected chi connectivity index (χ3v) is 6.92. The number of rotatable bonds is 10. The highest BCUT2D eigenvalue weighted by molar-refractivity contribution is 5.99. The number of aliphatic imine (C=N–C) groups is 1. The zero-order chi connectivity index (χ0) is 30.6. The summed E-state index contributed by atoms with van der Waals surface area (Å²) < 4.78 is 38.9. The van der Waals surface area contributed by atoms with Crippen LogP contribution in [-0.4, -0.2) is 75.1 Å². The lowest BCUT2D eigenvalue weighted by atomic mass is 10.1. The van der Waals surface area contributed by atoms with Gasteiger partial charge in [0.25, 0.3) is 5.56 Å². The summed E-state index contributed by atoms with van der Waals surface area (Å²) in [6.45, 7) is 5.04. The van der Waals surface area contributed by atoms with Crippen LogP contribution in [0.15, 0.2) is 93.6 Å². The molecule has 3 aliphatic rings. The van der Waals surface area contributed by atoms with E-state index in [2.05, 4.69) is 15.2 Å². The molecular weight excluding hydrogens is 555 g/mol. The molecule has 1 saturated heterocycles. The van der Waals surface area contributed by atoms with Crippen LogP contribution in [0, 0.1) is 5.82 Å². The third-order valence-electron chi connectivity index (χ3n) is 6.92. The number of hydrogen-bond acceptors (Lipinski definition) is 9. The number of anilines is 1. The van der Waals surface area contributed by atoms with E-state index in [0.717, 1.165) is 50.6 Å². The first-order valence-electron chi connectivity index (χ1n) is 14.0. The van der Waals surface area contributed by atoms with E-state index in [9.17, 15) is 14.0 Å². The zero-order valence-corrected chi connectivity index (χ0v) is 24.7. The number of nitrogens with one attached hydrogen (secondary N) is 1. The summed E-state index contributed by atoms with van der Waals surface area (Å²) in [5.41, 5.74) is 2.27. The molecule has 43 heavy (non-hydrogen) atoms. The number of methoxy groups -OCH3 is 1. The number of ether oxygens (including phenoxy) is 4. The van der Waals surface area contributed by atoms with Gasteiger partial charge in [-0.15, -0.1) is 0 Å². The van der Waals surface area contributed by atoms with Crippen LogP contribution in [0.3, 0.4) is 0 Å². The predicted octanol–water partition coefficient (Wildman–Crippen LogP) is 4.22. The lowest BCUT2D eigenvalue weighted by molar-refractivity contribution is 0.0342. The smallest absolute Gasteiger partial charge is 0.260 e. The van der Waals surface area contributed by atoms with Crippen molar-refractivity contribution < 1.29 is 28.1 Å². The maximum absolute atomic E-state index is 14.5. The summed E-state index contributed by atoms with van der Waals surface area (Å²) in [6, 6.07) is 7.92. The van der Waals surface area contributed by atoms with Crippen LogP contribution in [0.4, 0.5) is 10.1 Å². The van der Waals surface area contributed by atoms with Crippen LogP contribution in [0.2, 0.25) is 0 Å². The van der Waals surface area contributed by atoms with Crippen molar-refractivity contribution >= 4 is 17.7 Å². The quantitative estimate of drug-likeness (QED) is 0.323. The van der Waals surface area contributed by atoms with E-state index < -0.39 is 5.82 Å². The Morgan fingerprint density at radius 3 is 2.67 bits per heavy atom. The summed E-state index contributed by atoms with van der Waals surface area (Å²) >= 11 is 0. The van der Waals surface area contributed by atoms with Gasteiger partial charge in [0, 0.05) is 81.7 Å². The highest BCUT2D eigenvalue weighted by Crippen LogP contribution is 2.30. The maximum atomic E-state index is 14.5. The second kappa shape index (κ2) is 15.7. The largest absolute Gasteiger partial charge is 0.493 e. The molecular formula is C32H37FN4O6. The van der Waals surface area contributed by atoms with Gasteiger partial charge in [-0.05, 0) is 42.8 Å². The number of allylic oxidation sites excluding steroid dienone is 4. The SMILES string of the molecule is CNc1ccc(OC2=C3C=C(OC)C(OCCCN4CCOCC4)=CC(=NC=C2)C3)c(F)c1.Cn1cccc(C=O)c1=O. The molecule has 5 rings (SSSR count). The fourth-order valence-electron chi connectivity index (χ4n) is 4.53. The lowest BCUT2D eigenvalue weighted by Gasteiger charge is -2.26. The van der Waals surface area contributed by atoms with E-state index in [0.29, 0.717) is 42.3 Å². The molecule has 228 valence electrons. The van der Waals surface area contributed by atoms with Crippen LogP contribution in [0.1, 0.15) is 23.2 Å². The number of carbonyl (C=O) groups is 1. The molecule has 0 unspecified atom stereocenters. The van der Waals surface area contributed by atoms with Gasteiger partial charge in [-0.3, -0.25) is 19.5 Å². The van der Waals surface area contributed by atoms with E-state index in [1.807, 2.05) is 12.2 Å². The van der Waals surface area contributed by atoms with E-state index in [1.54, 1.807) is 57.9 Å². The fraction of sp³-hybridized carbons (Fsp3) is 0.344. The Morgan fingerprint density at radius 1 is 1.16 bits per heavy atom. The van der Waals surface area contributed by atoms with Gasteiger partial charge in [0.05, 0.1) is 32.5 Å². The van der Waals surface area contributed by atoms with Crippen molar-refractivity contribution in [2.75, 3.05) is 58.9 Å². The first-order chi connectivity index (χ1) is 20.9. The predicted molar refractivity (Wildman–Crippen MR) is 163 cm³/mol. The van der Waals surface area contributed by atoms with Crippen LogP contribution >= 0.6 is 0 Å². The first-order valence-corrected chi connectivity index (χ1v) is 14.0. The van der Waals surface area contributed by atoms with Gasteiger partial charge in [-0.25, -0.2) is 4.39 Å². The first kappa shape index (κ1) is 31.5. The summed E-state index contributed by atoms with van der Waals surface area (Å²) in [7, 11) is 4.95.